The molecule has 0 atom stereocenters. The van der Waals surface area contributed by atoms with Crippen LogP contribution in [0.4, 0.5) is 0 Å². The van der Waals surface area contributed by atoms with Crippen LogP contribution < -0.4 is 11.1 Å². The molecule has 3 N–H and O–H groups in total. The molecule has 0 aromatic heterocycles. The van der Waals surface area contributed by atoms with E-state index in [1.165, 1.54) is 0 Å². The van der Waals surface area contributed by atoms with Gasteiger partial charge in [0.05, 0.1) is 6.54 Å². The van der Waals surface area contributed by atoms with E-state index >= 15 is 0 Å². The number of carbonyl (C=O) groups is 4. The Labute approximate surface area is 170 Å². The van der Waals surface area contributed by atoms with Gasteiger partial charge in [0, 0.05) is 43.6 Å². The molecule has 8 nitrogen and oxygen atoms in total. The van der Waals surface area contributed by atoms with Crippen molar-refractivity contribution in [1.82, 2.24) is 15.1 Å². The van der Waals surface area contributed by atoms with Gasteiger partial charge in [-0.2, -0.15) is 0 Å². The highest BCUT2D eigenvalue weighted by Crippen LogP contribution is 2.23. The number of benzene rings is 1. The summed E-state index contributed by atoms with van der Waals surface area (Å²) in [6.45, 7) is 2.10. The first-order valence-corrected chi connectivity index (χ1v) is 10.1. The molecule has 1 aromatic rings. The molecule has 2 fully saturated rings. The second kappa shape index (κ2) is 9.54. The lowest BCUT2D eigenvalue weighted by Crippen LogP contribution is -2.49. The van der Waals surface area contributed by atoms with Crippen LogP contribution in [0.5, 0.6) is 0 Å². The molecule has 3 rings (SSSR count). The van der Waals surface area contributed by atoms with Gasteiger partial charge in [0.1, 0.15) is 0 Å². The molecule has 0 bridgehead atoms. The van der Waals surface area contributed by atoms with Crippen LogP contribution in [-0.2, 0) is 14.4 Å². The number of hydrogen-bond acceptors (Lipinski definition) is 4. The van der Waals surface area contributed by atoms with Gasteiger partial charge in [-0.05, 0) is 37.8 Å². The van der Waals surface area contributed by atoms with E-state index in [0.717, 1.165) is 0 Å². The van der Waals surface area contributed by atoms with E-state index < -0.39 is 0 Å². The Kier molecular flexibility index (Phi) is 6.85. The van der Waals surface area contributed by atoms with Gasteiger partial charge in [-0.25, -0.2) is 0 Å². The van der Waals surface area contributed by atoms with Crippen LogP contribution in [0.25, 0.3) is 0 Å². The molecule has 2 aliphatic heterocycles. The minimum absolute atomic E-state index is 0.0486. The van der Waals surface area contributed by atoms with Gasteiger partial charge in [-0.1, -0.05) is 18.2 Å². The number of carbonyl (C=O) groups excluding carboxylic acids is 4. The monoisotopic (exact) mass is 400 g/mol. The van der Waals surface area contributed by atoms with E-state index in [0.29, 0.717) is 57.4 Å². The van der Waals surface area contributed by atoms with Crippen molar-refractivity contribution < 1.29 is 19.2 Å². The van der Waals surface area contributed by atoms with Crippen LogP contribution in [0.3, 0.4) is 0 Å². The van der Waals surface area contributed by atoms with Gasteiger partial charge in [0.2, 0.25) is 17.7 Å². The molecule has 2 heterocycles. The van der Waals surface area contributed by atoms with Crippen LogP contribution in [0.15, 0.2) is 30.3 Å². The summed E-state index contributed by atoms with van der Waals surface area (Å²) in [5.41, 5.74) is 5.86. The Morgan fingerprint density at radius 1 is 0.862 bits per heavy atom. The van der Waals surface area contributed by atoms with E-state index in [2.05, 4.69) is 5.32 Å². The van der Waals surface area contributed by atoms with Crippen molar-refractivity contribution in [1.29, 1.82) is 0 Å². The van der Waals surface area contributed by atoms with E-state index in [4.69, 9.17) is 5.73 Å². The first kappa shape index (κ1) is 20.8. The maximum absolute atomic E-state index is 12.7. The number of amides is 4. The molecule has 2 aliphatic rings. The van der Waals surface area contributed by atoms with Crippen molar-refractivity contribution in [3.8, 4) is 0 Å². The van der Waals surface area contributed by atoms with Gasteiger partial charge in [-0.15, -0.1) is 0 Å². The molecule has 29 heavy (non-hydrogen) atoms. The summed E-state index contributed by atoms with van der Waals surface area (Å²) < 4.78 is 0. The SMILES string of the molecule is NC(=O)C1CCN(C(=O)C2CCN(C(=O)CNC(=O)c3ccccc3)CC2)CC1. The Hall–Kier alpha value is -2.90. The van der Waals surface area contributed by atoms with E-state index in [9.17, 15) is 19.2 Å². The molecule has 0 spiro atoms. The van der Waals surface area contributed by atoms with E-state index in [-0.39, 0.29) is 42.0 Å². The highest BCUT2D eigenvalue weighted by molar-refractivity contribution is 5.96. The fourth-order valence-corrected chi connectivity index (χ4v) is 3.98. The molecular weight excluding hydrogens is 372 g/mol. The Balaban J connectivity index is 1.40. The molecule has 0 unspecified atom stereocenters. The summed E-state index contributed by atoms with van der Waals surface area (Å²) in [6.07, 6.45) is 2.49. The largest absolute Gasteiger partial charge is 0.369 e. The quantitative estimate of drug-likeness (QED) is 0.744. The normalized spacial score (nSPS) is 18.3. The summed E-state index contributed by atoms with van der Waals surface area (Å²) in [4.78, 5) is 52.0. The van der Waals surface area contributed by atoms with Crippen molar-refractivity contribution in [2.24, 2.45) is 17.6 Å². The smallest absolute Gasteiger partial charge is 0.251 e. The maximum atomic E-state index is 12.7. The van der Waals surface area contributed by atoms with Gasteiger partial charge < -0.3 is 20.9 Å². The van der Waals surface area contributed by atoms with Gasteiger partial charge in [-0.3, -0.25) is 19.2 Å². The summed E-state index contributed by atoms with van der Waals surface area (Å²) in [5, 5.41) is 2.65. The average Bonchev–Trinajstić information content (AvgIpc) is 2.77. The lowest BCUT2D eigenvalue weighted by Gasteiger charge is -2.36. The molecule has 4 amide bonds. The molecule has 156 valence electrons. The Bertz CT molecular complexity index is 751. The zero-order chi connectivity index (χ0) is 20.8. The first-order valence-electron chi connectivity index (χ1n) is 10.1. The van der Waals surface area contributed by atoms with Crippen molar-refractivity contribution in [3.63, 3.8) is 0 Å². The zero-order valence-corrected chi connectivity index (χ0v) is 16.5. The number of nitrogens with one attached hydrogen (secondary N) is 1. The number of nitrogens with two attached hydrogens (primary N) is 1. The molecule has 0 saturated carbocycles. The summed E-state index contributed by atoms with van der Waals surface area (Å²) in [6, 6.07) is 8.77. The van der Waals surface area contributed by atoms with Crippen LogP contribution in [0.1, 0.15) is 36.0 Å². The number of nitrogens with zero attached hydrogens (tertiary/aromatic N) is 2. The zero-order valence-electron chi connectivity index (χ0n) is 16.5. The number of piperidine rings is 2. The third kappa shape index (κ3) is 5.34. The Morgan fingerprint density at radius 2 is 1.41 bits per heavy atom. The van der Waals surface area contributed by atoms with Crippen LogP contribution >= 0.6 is 0 Å². The highest BCUT2D eigenvalue weighted by Gasteiger charge is 2.33. The third-order valence-electron chi connectivity index (χ3n) is 5.84. The second-order valence-electron chi connectivity index (χ2n) is 7.71. The van der Waals surface area contributed by atoms with Crippen LogP contribution in [0.2, 0.25) is 0 Å². The third-order valence-corrected chi connectivity index (χ3v) is 5.84. The fourth-order valence-electron chi connectivity index (χ4n) is 3.98. The fraction of sp³-hybridized carbons (Fsp3) is 0.524. The van der Waals surface area contributed by atoms with Gasteiger partial charge >= 0.3 is 0 Å². The lowest BCUT2D eigenvalue weighted by molar-refractivity contribution is -0.142. The first-order chi connectivity index (χ1) is 14.0. The summed E-state index contributed by atoms with van der Waals surface area (Å²) in [7, 11) is 0. The van der Waals surface area contributed by atoms with Crippen molar-refractivity contribution >= 4 is 23.6 Å². The van der Waals surface area contributed by atoms with Crippen LogP contribution in [0, 0.1) is 11.8 Å². The molecule has 2 saturated heterocycles. The molecule has 1 aromatic carbocycles. The minimum Gasteiger partial charge on any atom is -0.369 e. The van der Waals surface area contributed by atoms with Crippen molar-refractivity contribution in [3.05, 3.63) is 35.9 Å². The Morgan fingerprint density at radius 3 is 2.00 bits per heavy atom. The molecule has 0 aliphatic carbocycles. The predicted molar refractivity (Wildman–Crippen MR) is 107 cm³/mol. The van der Waals surface area contributed by atoms with Gasteiger partial charge in [0.25, 0.3) is 5.91 Å². The molecule has 0 radical (unpaired) electrons. The molecule has 8 heteroatoms. The summed E-state index contributed by atoms with van der Waals surface area (Å²) >= 11 is 0. The van der Waals surface area contributed by atoms with Crippen molar-refractivity contribution in [2.45, 2.75) is 25.7 Å². The van der Waals surface area contributed by atoms with Crippen molar-refractivity contribution in [2.75, 3.05) is 32.7 Å². The molecular formula is C21H28N4O4. The number of primary amides is 1. The average molecular weight is 400 g/mol. The topological polar surface area (TPSA) is 113 Å². The number of rotatable bonds is 5. The van der Waals surface area contributed by atoms with E-state index in [1.807, 2.05) is 11.0 Å². The van der Waals surface area contributed by atoms with Crippen LogP contribution in [-0.4, -0.2) is 66.2 Å². The van der Waals surface area contributed by atoms with E-state index in [1.54, 1.807) is 29.2 Å². The minimum atomic E-state index is -0.289. The standard InChI is InChI=1S/C21H28N4O4/c22-19(27)15-6-12-25(13-7-15)21(29)17-8-10-24(11-9-17)18(26)14-23-20(28)16-4-2-1-3-5-16/h1-5,15,17H,6-14H2,(H2,22,27)(H,23,28). The van der Waals surface area contributed by atoms with Gasteiger partial charge in [0.15, 0.2) is 0 Å². The lowest BCUT2D eigenvalue weighted by atomic mass is 9.92. The number of hydrogen-bond donors (Lipinski definition) is 2. The highest BCUT2D eigenvalue weighted by atomic mass is 16.2. The maximum Gasteiger partial charge on any atom is 0.251 e. The number of likely N-dealkylation sites (tertiary alicyclic amines) is 2. The summed E-state index contributed by atoms with van der Waals surface area (Å²) in [5.74, 6) is -0.820. The predicted octanol–water partition coefficient (Wildman–Crippen LogP) is 0.379. The second-order valence-corrected chi connectivity index (χ2v) is 7.71.